The van der Waals surface area contributed by atoms with Gasteiger partial charge in [-0.2, -0.15) is 0 Å². The Morgan fingerprint density at radius 2 is 0.580 bits per heavy atom. The van der Waals surface area contributed by atoms with Gasteiger partial charge in [0.2, 0.25) is 0 Å². The Morgan fingerprint density at radius 1 is 0.180 bits per heavy atom. The van der Waals surface area contributed by atoms with Crippen molar-refractivity contribution in [3.05, 3.63) is 206 Å². The maximum atomic E-state index is 2.43. The zero-order valence-corrected chi connectivity index (χ0v) is 27.6. The average Bonchev–Trinajstić information content (AvgIpc) is 3.21. The molecular formula is C50H34. The van der Waals surface area contributed by atoms with E-state index in [1.165, 1.54) is 88.3 Å². The third-order valence-corrected chi connectivity index (χ3v) is 9.89. The van der Waals surface area contributed by atoms with E-state index < -0.39 is 0 Å². The molecule has 9 aromatic rings. The van der Waals surface area contributed by atoms with Gasteiger partial charge in [0.05, 0.1) is 0 Å². The number of benzene rings is 9. The Kier molecular flexibility index (Phi) is 7.61. The van der Waals surface area contributed by atoms with Crippen molar-refractivity contribution in [2.45, 2.75) is 0 Å². The summed E-state index contributed by atoms with van der Waals surface area (Å²) in [6.45, 7) is 0. The maximum absolute atomic E-state index is 2.43. The normalized spacial score (nSPS) is 11.2. The van der Waals surface area contributed by atoms with E-state index in [1.54, 1.807) is 0 Å². The SMILES string of the molecule is c1ccc(-c2cccc(-c3ccc(-c4ccccc4-c4ccccc4)c(-c4c5ccccc5c(-c5ccccc5)c5ccccc45)c3)c2)cc1. The third-order valence-electron chi connectivity index (χ3n) is 9.89. The van der Waals surface area contributed by atoms with E-state index in [2.05, 4.69) is 206 Å². The largest absolute Gasteiger partial charge is 0.0622 e. The molecule has 0 aliphatic carbocycles. The van der Waals surface area contributed by atoms with Crippen molar-refractivity contribution >= 4 is 21.5 Å². The number of hydrogen-bond acceptors (Lipinski definition) is 0. The standard InChI is InChI=1S/C50H34/c1-4-17-35(18-5-1)38-23-16-24-39(33-38)40-31-32-43(42-26-11-10-25-41(42)36-19-6-2-7-20-36)48(34-40)50-46-29-14-12-27-44(46)49(37-21-8-3-9-22-37)45-28-13-15-30-47(45)50/h1-34H. The van der Waals surface area contributed by atoms with Gasteiger partial charge in [-0.25, -0.2) is 0 Å². The fourth-order valence-corrected chi connectivity index (χ4v) is 7.60. The molecule has 0 bridgehead atoms. The van der Waals surface area contributed by atoms with E-state index in [4.69, 9.17) is 0 Å². The molecule has 0 saturated carbocycles. The molecule has 9 rings (SSSR count). The van der Waals surface area contributed by atoms with Gasteiger partial charge in [-0.05, 0) is 100 Å². The summed E-state index contributed by atoms with van der Waals surface area (Å²) < 4.78 is 0. The highest BCUT2D eigenvalue weighted by Gasteiger charge is 2.21. The lowest BCUT2D eigenvalue weighted by Crippen LogP contribution is -1.94. The first-order chi connectivity index (χ1) is 24.8. The first-order valence-electron chi connectivity index (χ1n) is 17.3. The number of rotatable bonds is 6. The second-order valence-electron chi connectivity index (χ2n) is 12.8. The summed E-state index contributed by atoms with van der Waals surface area (Å²) >= 11 is 0. The molecule has 0 aliphatic rings. The van der Waals surface area contributed by atoms with Crippen LogP contribution in [0.15, 0.2) is 206 Å². The Balaban J connectivity index is 1.37. The Hall–Kier alpha value is -6.50. The molecule has 0 amide bonds. The minimum absolute atomic E-state index is 1.19. The van der Waals surface area contributed by atoms with Crippen LogP contribution in [0, 0.1) is 0 Å². The molecule has 50 heavy (non-hydrogen) atoms. The molecule has 0 aromatic heterocycles. The van der Waals surface area contributed by atoms with Gasteiger partial charge in [-0.3, -0.25) is 0 Å². The van der Waals surface area contributed by atoms with E-state index in [0.717, 1.165) is 0 Å². The molecule has 234 valence electrons. The fourth-order valence-electron chi connectivity index (χ4n) is 7.60. The van der Waals surface area contributed by atoms with Gasteiger partial charge in [0.25, 0.3) is 0 Å². The van der Waals surface area contributed by atoms with E-state index in [0.29, 0.717) is 0 Å². The van der Waals surface area contributed by atoms with Crippen molar-refractivity contribution in [1.82, 2.24) is 0 Å². The van der Waals surface area contributed by atoms with Crippen molar-refractivity contribution in [1.29, 1.82) is 0 Å². The molecule has 0 heterocycles. The lowest BCUT2D eigenvalue weighted by molar-refractivity contribution is 1.56. The van der Waals surface area contributed by atoms with Crippen LogP contribution < -0.4 is 0 Å². The molecule has 0 N–H and O–H groups in total. The Morgan fingerprint density at radius 3 is 1.18 bits per heavy atom. The van der Waals surface area contributed by atoms with E-state index in [9.17, 15) is 0 Å². The minimum Gasteiger partial charge on any atom is -0.0622 e. The van der Waals surface area contributed by atoms with Crippen LogP contribution in [0.3, 0.4) is 0 Å². The van der Waals surface area contributed by atoms with Crippen molar-refractivity contribution in [2.75, 3.05) is 0 Å². The molecular weight excluding hydrogens is 601 g/mol. The smallest absolute Gasteiger partial charge is 0.00199 e. The van der Waals surface area contributed by atoms with Crippen LogP contribution in [-0.2, 0) is 0 Å². The highest BCUT2D eigenvalue weighted by Crippen LogP contribution is 2.48. The molecule has 0 saturated heterocycles. The summed E-state index contributed by atoms with van der Waals surface area (Å²) in [6.07, 6.45) is 0. The van der Waals surface area contributed by atoms with E-state index >= 15 is 0 Å². The third kappa shape index (κ3) is 5.28. The molecule has 0 fully saturated rings. The number of hydrogen-bond donors (Lipinski definition) is 0. The first-order valence-corrected chi connectivity index (χ1v) is 17.3. The molecule has 0 aliphatic heterocycles. The van der Waals surface area contributed by atoms with Crippen molar-refractivity contribution < 1.29 is 0 Å². The topological polar surface area (TPSA) is 0 Å². The van der Waals surface area contributed by atoms with E-state index in [-0.39, 0.29) is 0 Å². The molecule has 0 unspecified atom stereocenters. The second-order valence-corrected chi connectivity index (χ2v) is 12.8. The average molecular weight is 635 g/mol. The van der Waals surface area contributed by atoms with Crippen LogP contribution in [-0.4, -0.2) is 0 Å². The van der Waals surface area contributed by atoms with Crippen molar-refractivity contribution in [2.24, 2.45) is 0 Å². The summed E-state index contributed by atoms with van der Waals surface area (Å²) in [4.78, 5) is 0. The quantitative estimate of drug-likeness (QED) is 0.160. The lowest BCUT2D eigenvalue weighted by Gasteiger charge is -2.21. The summed E-state index contributed by atoms with van der Waals surface area (Å²) in [5.74, 6) is 0. The van der Waals surface area contributed by atoms with Crippen LogP contribution >= 0.6 is 0 Å². The highest BCUT2D eigenvalue weighted by molar-refractivity contribution is 6.22. The van der Waals surface area contributed by atoms with Crippen molar-refractivity contribution in [3.63, 3.8) is 0 Å². The highest BCUT2D eigenvalue weighted by atomic mass is 14.2. The maximum Gasteiger partial charge on any atom is -0.00199 e. The molecule has 9 aromatic carbocycles. The molecule has 0 spiro atoms. The van der Waals surface area contributed by atoms with Crippen molar-refractivity contribution in [3.8, 4) is 66.8 Å². The molecule has 0 atom stereocenters. The van der Waals surface area contributed by atoms with Crippen LogP contribution in [0.5, 0.6) is 0 Å². The van der Waals surface area contributed by atoms with Gasteiger partial charge >= 0.3 is 0 Å². The molecule has 0 nitrogen and oxygen atoms in total. The predicted octanol–water partition coefficient (Wildman–Crippen LogP) is 14.0. The first kappa shape index (κ1) is 29.6. The second kappa shape index (κ2) is 12.8. The fraction of sp³-hybridized carbons (Fsp3) is 0. The summed E-state index contributed by atoms with van der Waals surface area (Å²) in [5, 5.41) is 5.01. The zero-order valence-electron chi connectivity index (χ0n) is 27.6. The van der Waals surface area contributed by atoms with Crippen LogP contribution in [0.1, 0.15) is 0 Å². The van der Waals surface area contributed by atoms with Gasteiger partial charge in [0.15, 0.2) is 0 Å². The van der Waals surface area contributed by atoms with Crippen LogP contribution in [0.4, 0.5) is 0 Å². The molecule has 0 radical (unpaired) electrons. The zero-order chi connectivity index (χ0) is 33.3. The van der Waals surface area contributed by atoms with Gasteiger partial charge in [0, 0.05) is 0 Å². The Bertz CT molecular complexity index is 2560. The van der Waals surface area contributed by atoms with Gasteiger partial charge in [0.1, 0.15) is 0 Å². The molecule has 0 heteroatoms. The monoisotopic (exact) mass is 634 g/mol. The van der Waals surface area contributed by atoms with Crippen LogP contribution in [0.2, 0.25) is 0 Å². The van der Waals surface area contributed by atoms with Gasteiger partial charge in [-0.15, -0.1) is 0 Å². The van der Waals surface area contributed by atoms with Gasteiger partial charge < -0.3 is 0 Å². The minimum atomic E-state index is 1.19. The van der Waals surface area contributed by atoms with Crippen LogP contribution in [0.25, 0.3) is 88.3 Å². The Labute approximate surface area is 293 Å². The summed E-state index contributed by atoms with van der Waals surface area (Å²) in [5.41, 5.74) is 14.7. The predicted molar refractivity (Wildman–Crippen MR) is 214 cm³/mol. The summed E-state index contributed by atoms with van der Waals surface area (Å²) in [6, 6.07) is 75.0. The lowest BCUT2D eigenvalue weighted by atomic mass is 9.82. The number of fused-ring (bicyclic) bond motifs is 2. The van der Waals surface area contributed by atoms with E-state index in [1.807, 2.05) is 0 Å². The summed E-state index contributed by atoms with van der Waals surface area (Å²) in [7, 11) is 0. The van der Waals surface area contributed by atoms with Gasteiger partial charge in [-0.1, -0.05) is 194 Å².